The van der Waals surface area contributed by atoms with Crippen molar-refractivity contribution in [2.24, 2.45) is 7.05 Å². The molecular formula is C18H24N4OS. The van der Waals surface area contributed by atoms with E-state index in [0.717, 1.165) is 38.0 Å². The summed E-state index contributed by atoms with van der Waals surface area (Å²) in [5.74, 6) is 0.805. The van der Waals surface area contributed by atoms with Crippen molar-refractivity contribution in [3.63, 3.8) is 0 Å². The van der Waals surface area contributed by atoms with Gasteiger partial charge in [-0.15, -0.1) is 0 Å². The molecule has 1 amide bonds. The number of thiophene rings is 1. The third kappa shape index (κ3) is 2.78. The Morgan fingerprint density at radius 2 is 2.25 bits per heavy atom. The van der Waals surface area contributed by atoms with E-state index >= 15 is 0 Å². The molecule has 0 spiro atoms. The van der Waals surface area contributed by atoms with Gasteiger partial charge in [0.2, 0.25) is 5.91 Å². The highest BCUT2D eigenvalue weighted by molar-refractivity contribution is 7.08. The molecule has 3 atom stereocenters. The number of hydrogen-bond donors (Lipinski definition) is 0. The van der Waals surface area contributed by atoms with Gasteiger partial charge in [0, 0.05) is 32.4 Å². The second-order valence-corrected chi connectivity index (χ2v) is 7.84. The Kier molecular flexibility index (Phi) is 4.18. The lowest BCUT2D eigenvalue weighted by Gasteiger charge is -2.38. The minimum absolute atomic E-state index is 0.0117. The Morgan fingerprint density at radius 1 is 1.38 bits per heavy atom. The minimum atomic E-state index is 0.0117. The highest BCUT2D eigenvalue weighted by Crippen LogP contribution is 2.36. The smallest absolute Gasteiger partial charge is 0.244 e. The van der Waals surface area contributed by atoms with E-state index in [4.69, 9.17) is 0 Å². The van der Waals surface area contributed by atoms with Crippen LogP contribution in [-0.4, -0.2) is 45.8 Å². The second-order valence-electron chi connectivity index (χ2n) is 7.06. The van der Waals surface area contributed by atoms with Gasteiger partial charge in [-0.1, -0.05) is 0 Å². The molecule has 2 aromatic rings. The molecular weight excluding hydrogens is 320 g/mol. The highest BCUT2D eigenvalue weighted by Gasteiger charge is 2.41. The monoisotopic (exact) mass is 344 g/mol. The molecule has 0 saturated carbocycles. The Balaban J connectivity index is 1.52. The predicted molar refractivity (Wildman–Crippen MR) is 96.4 cm³/mol. The van der Waals surface area contributed by atoms with Crippen LogP contribution in [0.2, 0.25) is 0 Å². The quantitative estimate of drug-likeness (QED) is 0.860. The Labute approximate surface area is 146 Å². The number of piperidine rings is 1. The molecule has 2 aromatic heterocycles. The van der Waals surface area contributed by atoms with Crippen LogP contribution in [0, 0.1) is 0 Å². The van der Waals surface area contributed by atoms with E-state index in [1.165, 1.54) is 5.56 Å². The van der Waals surface area contributed by atoms with Crippen LogP contribution in [0.5, 0.6) is 0 Å². The van der Waals surface area contributed by atoms with Crippen molar-refractivity contribution in [3.05, 3.63) is 34.8 Å². The summed E-state index contributed by atoms with van der Waals surface area (Å²) in [6, 6.07) is 2.70. The fraction of sp³-hybridized carbons (Fsp3) is 0.556. The third-order valence-corrected chi connectivity index (χ3v) is 6.15. The molecule has 5 nitrogen and oxygen atoms in total. The first-order valence-electron chi connectivity index (χ1n) is 8.71. The molecule has 4 heterocycles. The van der Waals surface area contributed by atoms with E-state index in [2.05, 4.69) is 33.7 Å². The van der Waals surface area contributed by atoms with Gasteiger partial charge in [0.25, 0.3) is 0 Å². The fourth-order valence-electron chi connectivity index (χ4n) is 4.21. The average Bonchev–Trinajstić information content (AvgIpc) is 3.28. The Morgan fingerprint density at radius 3 is 2.96 bits per heavy atom. The summed E-state index contributed by atoms with van der Waals surface area (Å²) in [7, 11) is 1.89. The van der Waals surface area contributed by atoms with Crippen LogP contribution in [0.3, 0.4) is 0 Å². The predicted octanol–water partition coefficient (Wildman–Crippen LogP) is 2.86. The van der Waals surface area contributed by atoms with Crippen molar-refractivity contribution >= 4 is 22.9 Å². The van der Waals surface area contributed by atoms with E-state index < -0.39 is 0 Å². The van der Waals surface area contributed by atoms with Crippen molar-refractivity contribution in [3.8, 4) is 0 Å². The molecule has 0 radical (unpaired) electrons. The number of hydrogen-bond acceptors (Lipinski definition) is 4. The summed E-state index contributed by atoms with van der Waals surface area (Å²) in [4.78, 5) is 17.5. The van der Waals surface area contributed by atoms with Crippen molar-refractivity contribution < 1.29 is 4.79 Å². The zero-order valence-electron chi connectivity index (χ0n) is 14.3. The third-order valence-electron chi connectivity index (χ3n) is 5.45. The van der Waals surface area contributed by atoms with Gasteiger partial charge in [-0.05, 0) is 54.5 Å². The molecule has 2 aliphatic rings. The molecule has 0 unspecified atom stereocenters. The van der Waals surface area contributed by atoms with Crippen LogP contribution in [0.1, 0.15) is 37.7 Å². The molecule has 2 fully saturated rings. The summed E-state index contributed by atoms with van der Waals surface area (Å²) >= 11 is 1.76. The normalized spacial score (nSPS) is 28.7. The fourth-order valence-corrected chi connectivity index (χ4v) is 4.95. The number of carbonyl (C=O) groups is 1. The average molecular weight is 344 g/mol. The van der Waals surface area contributed by atoms with E-state index in [0.29, 0.717) is 12.0 Å². The molecule has 6 heteroatoms. The Hall–Kier alpha value is -1.66. The van der Waals surface area contributed by atoms with Gasteiger partial charge in [0.05, 0.1) is 17.9 Å². The van der Waals surface area contributed by atoms with Gasteiger partial charge in [-0.2, -0.15) is 16.4 Å². The van der Waals surface area contributed by atoms with Gasteiger partial charge < -0.3 is 4.90 Å². The maximum Gasteiger partial charge on any atom is 0.244 e. The lowest BCUT2D eigenvalue weighted by atomic mass is 10.00. The maximum absolute atomic E-state index is 13.1. The van der Waals surface area contributed by atoms with Crippen molar-refractivity contribution in [2.45, 2.75) is 44.2 Å². The van der Waals surface area contributed by atoms with Gasteiger partial charge in [-0.3, -0.25) is 14.4 Å². The van der Waals surface area contributed by atoms with Crippen LogP contribution in [-0.2, 0) is 11.8 Å². The molecule has 0 N–H and O–H groups in total. The minimum Gasteiger partial charge on any atom is -0.308 e. The van der Waals surface area contributed by atoms with E-state index in [1.807, 2.05) is 18.1 Å². The molecule has 24 heavy (non-hydrogen) atoms. The summed E-state index contributed by atoms with van der Waals surface area (Å²) in [6.07, 6.45) is 6.89. The first kappa shape index (κ1) is 15.8. The summed E-state index contributed by atoms with van der Waals surface area (Å²) < 4.78 is 1.76. The van der Waals surface area contributed by atoms with Crippen LogP contribution < -0.4 is 4.90 Å². The number of aryl methyl sites for hydroxylation is 1. The second kappa shape index (κ2) is 6.33. The SMILES string of the molecule is C[C@@H]1C[C@H](c2ccsc2)CN1[C@H]1CCCN(c2cnn(C)c2)C1=O. The standard InChI is InChI=1S/C18H24N4OS/c1-13-8-15(14-5-7-24-12-14)10-22(13)17-4-3-6-21(18(17)23)16-9-19-20(2)11-16/h5,7,9,11-13,15,17H,3-4,6,8,10H2,1-2H3/t13-,15+,17+/m1/s1. The lowest BCUT2D eigenvalue weighted by molar-refractivity contribution is -0.125. The van der Waals surface area contributed by atoms with Crippen LogP contribution >= 0.6 is 11.3 Å². The number of anilines is 1. The summed E-state index contributed by atoms with van der Waals surface area (Å²) in [5.41, 5.74) is 2.36. The largest absolute Gasteiger partial charge is 0.308 e. The number of carbonyl (C=O) groups excluding carboxylic acids is 1. The topological polar surface area (TPSA) is 41.4 Å². The number of nitrogens with zero attached hydrogens (tertiary/aromatic N) is 4. The van der Waals surface area contributed by atoms with Gasteiger partial charge in [0.15, 0.2) is 0 Å². The Bertz CT molecular complexity index is 710. The first-order chi connectivity index (χ1) is 11.6. The zero-order chi connectivity index (χ0) is 16.7. The molecule has 0 aromatic carbocycles. The van der Waals surface area contributed by atoms with Gasteiger partial charge in [0.1, 0.15) is 0 Å². The molecule has 0 aliphatic carbocycles. The number of aromatic nitrogens is 2. The van der Waals surface area contributed by atoms with Crippen molar-refractivity contribution in [1.82, 2.24) is 14.7 Å². The van der Waals surface area contributed by atoms with E-state index in [-0.39, 0.29) is 11.9 Å². The lowest BCUT2D eigenvalue weighted by Crippen LogP contribution is -2.53. The highest BCUT2D eigenvalue weighted by atomic mass is 32.1. The summed E-state index contributed by atoms with van der Waals surface area (Å²) in [5, 5.41) is 8.63. The van der Waals surface area contributed by atoms with Crippen LogP contribution in [0.25, 0.3) is 0 Å². The van der Waals surface area contributed by atoms with E-state index in [9.17, 15) is 4.79 Å². The molecule has 0 bridgehead atoms. The maximum atomic E-state index is 13.1. The van der Waals surface area contributed by atoms with Crippen molar-refractivity contribution in [1.29, 1.82) is 0 Å². The van der Waals surface area contributed by atoms with Crippen molar-refractivity contribution in [2.75, 3.05) is 18.0 Å². The zero-order valence-corrected chi connectivity index (χ0v) is 15.1. The number of amides is 1. The van der Waals surface area contributed by atoms with Gasteiger partial charge >= 0.3 is 0 Å². The molecule has 2 saturated heterocycles. The van der Waals surface area contributed by atoms with Crippen LogP contribution in [0.4, 0.5) is 5.69 Å². The van der Waals surface area contributed by atoms with Gasteiger partial charge in [-0.25, -0.2) is 0 Å². The summed E-state index contributed by atoms with van der Waals surface area (Å²) in [6.45, 7) is 4.06. The van der Waals surface area contributed by atoms with Crippen LogP contribution in [0.15, 0.2) is 29.2 Å². The molecule has 128 valence electrons. The number of rotatable bonds is 3. The molecule has 2 aliphatic heterocycles. The molecule has 4 rings (SSSR count). The number of likely N-dealkylation sites (tertiary alicyclic amines) is 1. The van der Waals surface area contributed by atoms with E-state index in [1.54, 1.807) is 22.2 Å². The first-order valence-corrected chi connectivity index (χ1v) is 9.65.